The summed E-state index contributed by atoms with van der Waals surface area (Å²) in [7, 11) is 0. The van der Waals surface area contributed by atoms with Gasteiger partial charge in [-0.1, -0.05) is 6.07 Å². The Kier molecular flexibility index (Phi) is 3.05. The van der Waals surface area contributed by atoms with E-state index in [1.54, 1.807) is 18.2 Å². The highest BCUT2D eigenvalue weighted by atomic mass is 32.1. The van der Waals surface area contributed by atoms with E-state index < -0.39 is 0 Å². The van der Waals surface area contributed by atoms with Crippen LogP contribution in [-0.4, -0.2) is 23.4 Å². The topological polar surface area (TPSA) is 80.7 Å². The number of nitrogens with one attached hydrogen (secondary N) is 1. The van der Waals surface area contributed by atoms with Crippen molar-refractivity contribution in [2.45, 2.75) is 6.92 Å². The van der Waals surface area contributed by atoms with E-state index in [0.29, 0.717) is 11.3 Å². The van der Waals surface area contributed by atoms with Gasteiger partial charge in [0.15, 0.2) is 0 Å². The Morgan fingerprint density at radius 2 is 1.68 bits per heavy atom. The van der Waals surface area contributed by atoms with Gasteiger partial charge in [-0.25, -0.2) is 0 Å². The number of carbonyl (C=O) groups excluding carboxylic acids is 1. The molecule has 4 aromatic rings. The number of rotatable bonds is 2. The first kappa shape index (κ1) is 13.2. The second-order valence-electron chi connectivity index (χ2n) is 4.81. The van der Waals surface area contributed by atoms with E-state index >= 15 is 0 Å². The molecule has 0 unspecified atom stereocenters. The molecule has 0 bridgehead atoms. The molecule has 22 heavy (non-hydrogen) atoms. The summed E-state index contributed by atoms with van der Waals surface area (Å²) in [4.78, 5) is 12.5. The van der Waals surface area contributed by atoms with Crippen molar-refractivity contribution in [2.75, 3.05) is 5.32 Å². The second kappa shape index (κ2) is 5.08. The fraction of sp³-hybridized carbons (Fsp3) is 0.0714. The number of aryl methyl sites for hydroxylation is 1. The number of hydrogen-bond donors (Lipinski definition) is 1. The number of carbonyl (C=O) groups is 1. The Balaban J connectivity index is 1.73. The molecule has 0 saturated carbocycles. The van der Waals surface area contributed by atoms with Crippen LogP contribution in [0.1, 0.15) is 15.9 Å². The summed E-state index contributed by atoms with van der Waals surface area (Å²) in [5, 5.41) is 2.93. The fourth-order valence-corrected chi connectivity index (χ4v) is 3.28. The maximum absolute atomic E-state index is 12.5. The standard InChI is InChI=1S/C14H9N5OS2/c1-7-2-4-10-13(19-22-17-10)12(7)15-14(20)8-3-5-9-11(6-8)18-21-16-9/h2-6H,1H3,(H,15,20). The third-order valence-corrected chi connectivity index (χ3v) is 4.49. The predicted octanol–water partition coefficient (Wildman–Crippen LogP) is 3.26. The van der Waals surface area contributed by atoms with E-state index in [-0.39, 0.29) is 5.91 Å². The van der Waals surface area contributed by atoms with Crippen LogP contribution >= 0.6 is 23.5 Å². The maximum Gasteiger partial charge on any atom is 0.255 e. The summed E-state index contributed by atoms with van der Waals surface area (Å²) in [5.74, 6) is -0.196. The molecule has 0 aliphatic heterocycles. The van der Waals surface area contributed by atoms with Crippen LogP contribution in [0.5, 0.6) is 0 Å². The summed E-state index contributed by atoms with van der Waals surface area (Å²) >= 11 is 2.27. The Morgan fingerprint density at radius 3 is 2.59 bits per heavy atom. The predicted molar refractivity (Wildman–Crippen MR) is 87.5 cm³/mol. The Bertz CT molecular complexity index is 1010. The van der Waals surface area contributed by atoms with Crippen molar-refractivity contribution in [3.05, 3.63) is 41.5 Å². The molecule has 1 amide bonds. The normalized spacial score (nSPS) is 11.1. The molecule has 108 valence electrons. The van der Waals surface area contributed by atoms with Gasteiger partial charge in [-0.05, 0) is 36.8 Å². The van der Waals surface area contributed by atoms with Crippen molar-refractivity contribution in [2.24, 2.45) is 0 Å². The summed E-state index contributed by atoms with van der Waals surface area (Å²) in [6, 6.07) is 9.10. The summed E-state index contributed by atoms with van der Waals surface area (Å²) in [5.41, 5.74) is 5.21. The van der Waals surface area contributed by atoms with Crippen LogP contribution in [0.4, 0.5) is 5.69 Å². The lowest BCUT2D eigenvalue weighted by atomic mass is 10.1. The molecule has 0 aliphatic carbocycles. The first-order valence-electron chi connectivity index (χ1n) is 6.48. The fourth-order valence-electron chi connectivity index (χ4n) is 2.22. The van der Waals surface area contributed by atoms with Crippen LogP contribution in [0.3, 0.4) is 0 Å². The lowest BCUT2D eigenvalue weighted by Crippen LogP contribution is -2.13. The molecule has 0 aliphatic rings. The molecule has 0 saturated heterocycles. The first-order chi connectivity index (χ1) is 10.7. The summed E-state index contributed by atoms with van der Waals surface area (Å²) in [6.07, 6.45) is 0. The molecule has 4 rings (SSSR count). The quantitative estimate of drug-likeness (QED) is 0.611. The van der Waals surface area contributed by atoms with Crippen LogP contribution in [0, 0.1) is 6.92 Å². The minimum absolute atomic E-state index is 0.196. The third kappa shape index (κ3) is 2.13. The SMILES string of the molecule is Cc1ccc2nsnc2c1NC(=O)c1ccc2nsnc2c1. The summed E-state index contributed by atoms with van der Waals surface area (Å²) in [6.45, 7) is 1.93. The zero-order valence-electron chi connectivity index (χ0n) is 11.4. The van der Waals surface area contributed by atoms with Crippen molar-refractivity contribution < 1.29 is 4.79 Å². The molecule has 8 heteroatoms. The van der Waals surface area contributed by atoms with Crippen molar-refractivity contribution in [1.29, 1.82) is 0 Å². The third-order valence-electron chi connectivity index (χ3n) is 3.39. The van der Waals surface area contributed by atoms with Gasteiger partial charge in [-0.15, -0.1) is 0 Å². The van der Waals surface area contributed by atoms with Gasteiger partial charge in [-0.3, -0.25) is 4.79 Å². The number of benzene rings is 2. The van der Waals surface area contributed by atoms with Crippen LogP contribution in [0.15, 0.2) is 30.3 Å². The molecule has 0 radical (unpaired) electrons. The first-order valence-corrected chi connectivity index (χ1v) is 7.94. The highest BCUT2D eigenvalue weighted by molar-refractivity contribution is 7.00. The van der Waals surface area contributed by atoms with Crippen molar-refractivity contribution in [3.63, 3.8) is 0 Å². The van der Waals surface area contributed by atoms with Crippen LogP contribution in [0.2, 0.25) is 0 Å². The highest BCUT2D eigenvalue weighted by Gasteiger charge is 2.14. The minimum atomic E-state index is -0.196. The molecule has 0 spiro atoms. The van der Waals surface area contributed by atoms with Gasteiger partial charge in [0.05, 0.1) is 29.1 Å². The van der Waals surface area contributed by atoms with Gasteiger partial charge < -0.3 is 5.32 Å². The summed E-state index contributed by atoms with van der Waals surface area (Å²) < 4.78 is 16.8. The van der Waals surface area contributed by atoms with Gasteiger partial charge in [0, 0.05) is 5.56 Å². The molecule has 0 atom stereocenters. The van der Waals surface area contributed by atoms with Gasteiger partial charge in [0.2, 0.25) is 0 Å². The Hall–Kier alpha value is -2.45. The van der Waals surface area contributed by atoms with Crippen LogP contribution in [-0.2, 0) is 0 Å². The van der Waals surface area contributed by atoms with E-state index in [0.717, 1.165) is 51.1 Å². The van der Waals surface area contributed by atoms with E-state index in [4.69, 9.17) is 0 Å². The van der Waals surface area contributed by atoms with E-state index in [9.17, 15) is 4.79 Å². The highest BCUT2D eigenvalue weighted by Crippen LogP contribution is 2.26. The van der Waals surface area contributed by atoms with E-state index in [1.807, 2.05) is 19.1 Å². The van der Waals surface area contributed by atoms with E-state index in [1.165, 1.54) is 0 Å². The molecule has 2 aromatic carbocycles. The zero-order valence-corrected chi connectivity index (χ0v) is 13.0. The smallest absolute Gasteiger partial charge is 0.255 e. The largest absolute Gasteiger partial charge is 0.320 e. The van der Waals surface area contributed by atoms with Gasteiger partial charge in [0.25, 0.3) is 5.91 Å². The average Bonchev–Trinajstić information content (AvgIpc) is 3.17. The van der Waals surface area contributed by atoms with Gasteiger partial charge >= 0.3 is 0 Å². The number of amides is 1. The Morgan fingerprint density at radius 1 is 0.955 bits per heavy atom. The van der Waals surface area contributed by atoms with Crippen molar-refractivity contribution in [1.82, 2.24) is 17.5 Å². The molecular weight excluding hydrogens is 318 g/mol. The molecular formula is C14H9N5OS2. The Labute approximate surface area is 133 Å². The van der Waals surface area contributed by atoms with Crippen LogP contribution < -0.4 is 5.32 Å². The average molecular weight is 327 g/mol. The zero-order chi connectivity index (χ0) is 15.1. The van der Waals surface area contributed by atoms with Crippen molar-refractivity contribution >= 4 is 57.1 Å². The minimum Gasteiger partial charge on any atom is -0.320 e. The number of nitrogens with zero attached hydrogens (tertiary/aromatic N) is 4. The number of hydrogen-bond acceptors (Lipinski definition) is 7. The van der Waals surface area contributed by atoms with Crippen LogP contribution in [0.25, 0.3) is 22.1 Å². The second-order valence-corrected chi connectivity index (χ2v) is 5.87. The van der Waals surface area contributed by atoms with Crippen molar-refractivity contribution in [3.8, 4) is 0 Å². The number of fused-ring (bicyclic) bond motifs is 2. The van der Waals surface area contributed by atoms with E-state index in [2.05, 4.69) is 22.8 Å². The molecule has 0 fully saturated rings. The molecule has 2 aromatic heterocycles. The number of aromatic nitrogens is 4. The maximum atomic E-state index is 12.5. The molecule has 1 N–H and O–H groups in total. The van der Waals surface area contributed by atoms with Gasteiger partial charge in [0.1, 0.15) is 22.1 Å². The molecule has 6 nitrogen and oxygen atoms in total. The molecule has 2 heterocycles. The lowest BCUT2D eigenvalue weighted by Gasteiger charge is -2.08. The number of anilines is 1. The van der Waals surface area contributed by atoms with Gasteiger partial charge in [-0.2, -0.15) is 17.5 Å². The monoisotopic (exact) mass is 327 g/mol. The lowest BCUT2D eigenvalue weighted by molar-refractivity contribution is 0.102.